The van der Waals surface area contributed by atoms with E-state index in [1.807, 2.05) is 12.1 Å². The van der Waals surface area contributed by atoms with Gasteiger partial charge in [0.1, 0.15) is 11.9 Å². The molecule has 1 aliphatic rings. The normalized spacial score (nSPS) is 15.4. The summed E-state index contributed by atoms with van der Waals surface area (Å²) in [5.74, 6) is 1.70. The highest BCUT2D eigenvalue weighted by Crippen LogP contribution is 2.26. The third-order valence-electron chi connectivity index (χ3n) is 3.52. The number of nitrogens with zero attached hydrogens (tertiary/aromatic N) is 2. The van der Waals surface area contributed by atoms with E-state index in [1.165, 1.54) is 5.56 Å². The van der Waals surface area contributed by atoms with Crippen LogP contribution in [-0.4, -0.2) is 35.7 Å². The Morgan fingerprint density at radius 1 is 1.04 bits per heavy atom. The van der Waals surface area contributed by atoms with Gasteiger partial charge in [0.2, 0.25) is 5.95 Å². The topological polar surface area (TPSA) is 59.1 Å². The molecule has 0 fully saturated rings. The van der Waals surface area contributed by atoms with E-state index in [0.29, 0.717) is 5.95 Å². The maximum absolute atomic E-state index is 5.99. The van der Waals surface area contributed by atoms with Crippen LogP contribution in [0.25, 0.3) is 0 Å². The Labute approximate surface area is 149 Å². The summed E-state index contributed by atoms with van der Waals surface area (Å²) in [5, 5.41) is 6.59. The molecule has 2 heterocycles. The Kier molecular flexibility index (Phi) is 8.69. The van der Waals surface area contributed by atoms with Crippen LogP contribution < -0.4 is 15.4 Å². The second-order valence-electron chi connectivity index (χ2n) is 5.09. The first-order chi connectivity index (χ1) is 10.4. The van der Waals surface area contributed by atoms with Gasteiger partial charge in [0, 0.05) is 32.0 Å². The number of benzene rings is 1. The summed E-state index contributed by atoms with van der Waals surface area (Å²) in [6.07, 6.45) is 5.89. The van der Waals surface area contributed by atoms with Crippen molar-refractivity contribution in [2.45, 2.75) is 18.9 Å². The summed E-state index contributed by atoms with van der Waals surface area (Å²) in [5.41, 5.74) is 1.32. The van der Waals surface area contributed by atoms with E-state index in [9.17, 15) is 0 Å². The third kappa shape index (κ3) is 5.86. The van der Waals surface area contributed by atoms with Gasteiger partial charge in [-0.05, 0) is 30.5 Å². The van der Waals surface area contributed by atoms with Gasteiger partial charge in [0.05, 0.1) is 0 Å². The van der Waals surface area contributed by atoms with Crippen molar-refractivity contribution in [3.05, 3.63) is 48.3 Å². The molecule has 0 bridgehead atoms. The fraction of sp³-hybridized carbons (Fsp3) is 0.375. The zero-order valence-corrected chi connectivity index (χ0v) is 14.4. The van der Waals surface area contributed by atoms with E-state index in [-0.39, 0.29) is 30.9 Å². The number of rotatable bonds is 6. The quantitative estimate of drug-likeness (QED) is 0.779. The van der Waals surface area contributed by atoms with E-state index in [0.717, 1.165) is 38.2 Å². The molecule has 0 saturated carbocycles. The molecule has 1 unspecified atom stereocenters. The lowest BCUT2D eigenvalue weighted by molar-refractivity contribution is 0.171. The summed E-state index contributed by atoms with van der Waals surface area (Å²) in [4.78, 5) is 8.23. The molecule has 0 spiro atoms. The highest BCUT2D eigenvalue weighted by Gasteiger charge is 2.18. The molecule has 5 nitrogen and oxygen atoms in total. The van der Waals surface area contributed by atoms with E-state index < -0.39 is 0 Å². The number of hydrogen-bond acceptors (Lipinski definition) is 5. The number of hydrogen-bond donors (Lipinski definition) is 2. The Hall–Kier alpha value is -1.56. The van der Waals surface area contributed by atoms with Crippen LogP contribution in [0.3, 0.4) is 0 Å². The average Bonchev–Trinajstić information content (AvgIpc) is 2.55. The van der Waals surface area contributed by atoms with Crippen LogP contribution in [0.5, 0.6) is 5.75 Å². The van der Waals surface area contributed by atoms with E-state index in [2.05, 4.69) is 38.8 Å². The number of aryl methyl sites for hydroxylation is 1. The van der Waals surface area contributed by atoms with Crippen molar-refractivity contribution in [3.63, 3.8) is 0 Å². The van der Waals surface area contributed by atoms with Crippen molar-refractivity contribution >= 4 is 30.8 Å². The summed E-state index contributed by atoms with van der Waals surface area (Å²) >= 11 is 0. The van der Waals surface area contributed by atoms with E-state index in [1.54, 1.807) is 12.4 Å². The minimum atomic E-state index is 0. The van der Waals surface area contributed by atoms with Gasteiger partial charge in [-0.2, -0.15) is 0 Å². The Morgan fingerprint density at radius 2 is 1.83 bits per heavy atom. The van der Waals surface area contributed by atoms with Gasteiger partial charge < -0.3 is 15.4 Å². The molecule has 126 valence electrons. The smallest absolute Gasteiger partial charge is 0.222 e. The van der Waals surface area contributed by atoms with Crippen LogP contribution in [0.4, 0.5) is 5.95 Å². The van der Waals surface area contributed by atoms with Crippen molar-refractivity contribution in [1.29, 1.82) is 0 Å². The van der Waals surface area contributed by atoms with Gasteiger partial charge in [-0.1, -0.05) is 18.2 Å². The van der Waals surface area contributed by atoms with Crippen LogP contribution in [-0.2, 0) is 6.42 Å². The van der Waals surface area contributed by atoms with Crippen molar-refractivity contribution < 1.29 is 4.74 Å². The first-order valence-corrected chi connectivity index (χ1v) is 7.38. The van der Waals surface area contributed by atoms with Crippen LogP contribution in [0.2, 0.25) is 0 Å². The molecule has 2 aromatic rings. The Morgan fingerprint density at radius 3 is 2.65 bits per heavy atom. The second kappa shape index (κ2) is 10.3. The van der Waals surface area contributed by atoms with Gasteiger partial charge in [0.25, 0.3) is 0 Å². The SMILES string of the molecule is Cl.Cl.c1cnc(NCCNCC2CCc3ccccc3O2)nc1. The molecule has 1 aromatic heterocycles. The van der Waals surface area contributed by atoms with Gasteiger partial charge in [-0.3, -0.25) is 0 Å². The lowest BCUT2D eigenvalue weighted by atomic mass is 10.0. The third-order valence-corrected chi connectivity index (χ3v) is 3.52. The lowest BCUT2D eigenvalue weighted by Gasteiger charge is -2.26. The average molecular weight is 357 g/mol. The molecule has 1 aromatic carbocycles. The zero-order chi connectivity index (χ0) is 14.3. The highest BCUT2D eigenvalue weighted by atomic mass is 35.5. The van der Waals surface area contributed by atoms with Gasteiger partial charge in [-0.25, -0.2) is 9.97 Å². The summed E-state index contributed by atoms with van der Waals surface area (Å²) < 4.78 is 5.99. The van der Waals surface area contributed by atoms with E-state index >= 15 is 0 Å². The second-order valence-corrected chi connectivity index (χ2v) is 5.09. The van der Waals surface area contributed by atoms with Gasteiger partial charge in [-0.15, -0.1) is 24.8 Å². The number of para-hydroxylation sites is 1. The molecule has 1 aliphatic heterocycles. The van der Waals surface area contributed by atoms with Gasteiger partial charge >= 0.3 is 0 Å². The maximum Gasteiger partial charge on any atom is 0.222 e. The van der Waals surface area contributed by atoms with Crippen LogP contribution in [0.15, 0.2) is 42.7 Å². The minimum absolute atomic E-state index is 0. The van der Waals surface area contributed by atoms with Crippen molar-refractivity contribution in [1.82, 2.24) is 15.3 Å². The highest BCUT2D eigenvalue weighted by molar-refractivity contribution is 5.85. The predicted octanol–water partition coefficient (Wildman–Crippen LogP) is 2.72. The van der Waals surface area contributed by atoms with Crippen LogP contribution in [0, 0.1) is 0 Å². The molecule has 0 aliphatic carbocycles. The molecule has 0 saturated heterocycles. The maximum atomic E-state index is 5.99. The van der Waals surface area contributed by atoms with E-state index in [4.69, 9.17) is 4.74 Å². The number of anilines is 1. The summed E-state index contributed by atoms with van der Waals surface area (Å²) in [6.45, 7) is 2.53. The first-order valence-electron chi connectivity index (χ1n) is 7.38. The lowest BCUT2D eigenvalue weighted by Crippen LogP contribution is -2.36. The fourth-order valence-corrected chi connectivity index (χ4v) is 2.44. The van der Waals surface area contributed by atoms with Crippen molar-refractivity contribution in [2.24, 2.45) is 0 Å². The molecule has 7 heteroatoms. The number of aromatic nitrogens is 2. The van der Waals surface area contributed by atoms with Crippen LogP contribution in [0.1, 0.15) is 12.0 Å². The zero-order valence-electron chi connectivity index (χ0n) is 12.8. The van der Waals surface area contributed by atoms with Crippen molar-refractivity contribution in [3.8, 4) is 5.75 Å². The van der Waals surface area contributed by atoms with Gasteiger partial charge in [0.15, 0.2) is 0 Å². The number of fused-ring (bicyclic) bond motifs is 1. The number of halogens is 2. The largest absolute Gasteiger partial charge is 0.489 e. The van der Waals surface area contributed by atoms with Crippen molar-refractivity contribution in [2.75, 3.05) is 25.0 Å². The Bertz CT molecular complexity index is 571. The molecule has 2 N–H and O–H groups in total. The first kappa shape index (κ1) is 19.5. The molecule has 3 rings (SSSR count). The minimum Gasteiger partial charge on any atom is -0.489 e. The fourth-order valence-electron chi connectivity index (χ4n) is 2.44. The molecule has 1 atom stereocenters. The molecule has 23 heavy (non-hydrogen) atoms. The summed E-state index contributed by atoms with van der Waals surface area (Å²) in [6, 6.07) is 10.1. The Balaban J connectivity index is 0.00000132. The standard InChI is InChI=1S/C16H20N4O.2ClH/c1-2-5-15-13(4-1)6-7-14(21-15)12-17-10-11-20-16-18-8-3-9-19-16;;/h1-5,8-9,14,17H,6-7,10-12H2,(H,18,19,20);2*1H. The number of ether oxygens (including phenoxy) is 1. The molecule has 0 radical (unpaired) electrons. The van der Waals surface area contributed by atoms with Crippen LogP contribution >= 0.6 is 24.8 Å². The number of nitrogens with one attached hydrogen (secondary N) is 2. The molecular weight excluding hydrogens is 335 g/mol. The predicted molar refractivity (Wildman–Crippen MR) is 97.1 cm³/mol. The molecule has 0 amide bonds. The monoisotopic (exact) mass is 356 g/mol. The molecular formula is C16H22Cl2N4O. The summed E-state index contributed by atoms with van der Waals surface area (Å²) in [7, 11) is 0.